The molecule has 0 atom stereocenters. The topological polar surface area (TPSA) is 89.7 Å². The van der Waals surface area contributed by atoms with Gasteiger partial charge in [-0.1, -0.05) is 0 Å². The van der Waals surface area contributed by atoms with Crippen molar-refractivity contribution in [3.63, 3.8) is 0 Å². The molecule has 0 amide bonds. The van der Waals surface area contributed by atoms with Gasteiger partial charge in [0.05, 0.1) is 12.0 Å². The summed E-state index contributed by atoms with van der Waals surface area (Å²) < 4.78 is 5.28. The number of rotatable bonds is 4. The van der Waals surface area contributed by atoms with Crippen molar-refractivity contribution in [2.45, 2.75) is 0 Å². The molecule has 0 radical (unpaired) electrons. The maximum absolute atomic E-state index is 10.7. The predicted octanol–water partition coefficient (Wildman–Crippen LogP) is 2.46. The van der Waals surface area contributed by atoms with Crippen LogP contribution in [0.4, 0.5) is 5.69 Å². The lowest BCUT2D eigenvalue weighted by molar-refractivity contribution is -0.385. The van der Waals surface area contributed by atoms with Gasteiger partial charge in [-0.05, 0) is 33.6 Å². The molecule has 0 aliphatic heterocycles. The van der Waals surface area contributed by atoms with Crippen LogP contribution in [0.2, 0.25) is 0 Å². The number of nitro groups is 1. The molecule has 0 fully saturated rings. The third-order valence-electron chi connectivity index (χ3n) is 1.90. The zero-order chi connectivity index (χ0) is 13.0. The summed E-state index contributed by atoms with van der Waals surface area (Å²) in [5, 5.41) is 19.2. The van der Waals surface area contributed by atoms with Crippen LogP contribution in [0, 0.1) is 10.1 Å². The molecule has 1 aromatic rings. The van der Waals surface area contributed by atoms with E-state index in [1.807, 2.05) is 0 Å². The second-order valence-corrected chi connectivity index (χ2v) is 3.83. The first-order valence-corrected chi connectivity index (χ1v) is 5.18. The first kappa shape index (κ1) is 13.2. The van der Waals surface area contributed by atoms with Crippen molar-refractivity contribution in [1.82, 2.24) is 0 Å². The van der Waals surface area contributed by atoms with Gasteiger partial charge in [0.25, 0.3) is 0 Å². The van der Waals surface area contributed by atoms with Crippen LogP contribution in [-0.4, -0.2) is 23.1 Å². The number of carboxylic acids is 1. The number of nitrogens with zero attached hydrogens (tertiary/aromatic N) is 1. The van der Waals surface area contributed by atoms with Crippen molar-refractivity contribution in [3.8, 4) is 5.75 Å². The third-order valence-corrected chi connectivity index (χ3v) is 2.59. The summed E-state index contributed by atoms with van der Waals surface area (Å²) in [7, 11) is 1.31. The van der Waals surface area contributed by atoms with Crippen LogP contribution in [0.1, 0.15) is 5.56 Å². The van der Waals surface area contributed by atoms with Crippen molar-refractivity contribution < 1.29 is 19.6 Å². The summed E-state index contributed by atoms with van der Waals surface area (Å²) in [6.45, 7) is 0. The summed E-state index contributed by atoms with van der Waals surface area (Å²) in [5.74, 6) is -1.03. The fourth-order valence-electron chi connectivity index (χ4n) is 1.15. The van der Waals surface area contributed by atoms with Gasteiger partial charge >= 0.3 is 11.7 Å². The Labute approximate surface area is 105 Å². The van der Waals surface area contributed by atoms with Crippen LogP contribution >= 0.6 is 15.9 Å². The summed E-state index contributed by atoms with van der Waals surface area (Å²) in [6.07, 6.45) is 2.25. The molecule has 0 unspecified atom stereocenters. The SMILES string of the molecule is COc1cc(/C=C/C(=O)O)c(Br)cc1[N+](=O)[O-]. The number of carboxylic acid groups (broad SMARTS) is 1. The summed E-state index contributed by atoms with van der Waals surface area (Å²) in [5.41, 5.74) is 0.293. The third kappa shape index (κ3) is 3.28. The van der Waals surface area contributed by atoms with E-state index in [-0.39, 0.29) is 11.4 Å². The van der Waals surface area contributed by atoms with Gasteiger partial charge in [-0.25, -0.2) is 4.79 Å². The van der Waals surface area contributed by atoms with Crippen molar-refractivity contribution in [2.75, 3.05) is 7.11 Å². The van der Waals surface area contributed by atoms with E-state index in [9.17, 15) is 14.9 Å². The van der Waals surface area contributed by atoms with Gasteiger partial charge in [0.2, 0.25) is 0 Å². The van der Waals surface area contributed by atoms with E-state index in [0.29, 0.717) is 10.0 Å². The maximum atomic E-state index is 10.7. The summed E-state index contributed by atoms with van der Waals surface area (Å²) in [6, 6.07) is 2.65. The predicted molar refractivity (Wildman–Crippen MR) is 64.0 cm³/mol. The first-order valence-electron chi connectivity index (χ1n) is 4.38. The standard InChI is InChI=1S/C10H8BrNO5/c1-17-9-4-6(2-3-10(13)14)7(11)5-8(9)12(15)16/h2-5H,1H3,(H,13,14)/b3-2+. The van der Waals surface area contributed by atoms with Crippen molar-refractivity contribution in [1.29, 1.82) is 0 Å². The van der Waals surface area contributed by atoms with E-state index < -0.39 is 10.9 Å². The molecule has 0 aromatic heterocycles. The molecule has 90 valence electrons. The second-order valence-electron chi connectivity index (χ2n) is 2.97. The van der Waals surface area contributed by atoms with Gasteiger partial charge in [-0.3, -0.25) is 10.1 Å². The largest absolute Gasteiger partial charge is 0.490 e. The number of ether oxygens (including phenoxy) is 1. The smallest absolute Gasteiger partial charge is 0.328 e. The number of benzene rings is 1. The highest BCUT2D eigenvalue weighted by Crippen LogP contribution is 2.33. The van der Waals surface area contributed by atoms with E-state index in [4.69, 9.17) is 9.84 Å². The maximum Gasteiger partial charge on any atom is 0.328 e. The normalized spacial score (nSPS) is 10.5. The zero-order valence-corrected chi connectivity index (χ0v) is 10.3. The van der Waals surface area contributed by atoms with Crippen LogP contribution in [0.3, 0.4) is 0 Å². The molecule has 0 bridgehead atoms. The fraction of sp³-hybridized carbons (Fsp3) is 0.100. The van der Waals surface area contributed by atoms with Crippen molar-refractivity contribution in [2.24, 2.45) is 0 Å². The molecule has 0 saturated carbocycles. The quantitative estimate of drug-likeness (QED) is 0.524. The Morgan fingerprint density at radius 2 is 2.24 bits per heavy atom. The summed E-state index contributed by atoms with van der Waals surface area (Å²) in [4.78, 5) is 20.5. The Hall–Kier alpha value is -1.89. The lowest BCUT2D eigenvalue weighted by Crippen LogP contribution is -1.95. The molecule has 0 heterocycles. The minimum atomic E-state index is -1.10. The molecular formula is C10H8BrNO5. The van der Waals surface area contributed by atoms with Crippen molar-refractivity contribution >= 4 is 33.7 Å². The Kier molecular flexibility index (Phi) is 4.22. The zero-order valence-electron chi connectivity index (χ0n) is 8.71. The Morgan fingerprint density at radius 1 is 1.59 bits per heavy atom. The fourth-order valence-corrected chi connectivity index (χ4v) is 1.62. The Balaban J connectivity index is 3.27. The lowest BCUT2D eigenvalue weighted by atomic mass is 10.1. The average Bonchev–Trinajstić information content (AvgIpc) is 2.26. The molecule has 0 aliphatic carbocycles. The van der Waals surface area contributed by atoms with Crippen LogP contribution in [0.5, 0.6) is 5.75 Å². The molecule has 1 aromatic carbocycles. The minimum absolute atomic E-state index is 0.0724. The molecule has 17 heavy (non-hydrogen) atoms. The van der Waals surface area contributed by atoms with Crippen molar-refractivity contribution in [3.05, 3.63) is 38.4 Å². The average molecular weight is 302 g/mol. The van der Waals surface area contributed by atoms with Gasteiger partial charge in [-0.2, -0.15) is 0 Å². The van der Waals surface area contributed by atoms with Crippen LogP contribution in [0.15, 0.2) is 22.7 Å². The van der Waals surface area contributed by atoms with Gasteiger partial charge in [0, 0.05) is 16.6 Å². The summed E-state index contributed by atoms with van der Waals surface area (Å²) >= 11 is 3.12. The highest BCUT2D eigenvalue weighted by Gasteiger charge is 2.17. The van der Waals surface area contributed by atoms with Gasteiger partial charge in [0.15, 0.2) is 5.75 Å². The van der Waals surface area contributed by atoms with Gasteiger partial charge in [-0.15, -0.1) is 0 Å². The number of hydrogen-bond acceptors (Lipinski definition) is 4. The molecule has 6 nitrogen and oxygen atoms in total. The van der Waals surface area contributed by atoms with Crippen LogP contribution in [-0.2, 0) is 4.79 Å². The van der Waals surface area contributed by atoms with E-state index >= 15 is 0 Å². The Morgan fingerprint density at radius 3 is 2.71 bits per heavy atom. The second kappa shape index (κ2) is 5.44. The van der Waals surface area contributed by atoms with Crippen LogP contribution < -0.4 is 4.74 Å². The highest BCUT2D eigenvalue weighted by atomic mass is 79.9. The monoisotopic (exact) mass is 301 g/mol. The van der Waals surface area contributed by atoms with Crippen LogP contribution in [0.25, 0.3) is 6.08 Å². The molecule has 1 N–H and O–H groups in total. The molecule has 7 heteroatoms. The van der Waals surface area contributed by atoms with E-state index in [1.54, 1.807) is 0 Å². The van der Waals surface area contributed by atoms with Gasteiger partial charge in [0.1, 0.15) is 0 Å². The molecule has 0 spiro atoms. The molecule has 0 aliphatic rings. The highest BCUT2D eigenvalue weighted by molar-refractivity contribution is 9.10. The molecule has 0 saturated heterocycles. The number of hydrogen-bond donors (Lipinski definition) is 1. The molecule has 1 rings (SSSR count). The molecular weight excluding hydrogens is 294 g/mol. The van der Waals surface area contributed by atoms with E-state index in [2.05, 4.69) is 15.9 Å². The Bertz CT molecular complexity index is 498. The van der Waals surface area contributed by atoms with E-state index in [1.165, 1.54) is 25.3 Å². The van der Waals surface area contributed by atoms with E-state index in [0.717, 1.165) is 6.08 Å². The number of nitro benzene ring substituents is 1. The lowest BCUT2D eigenvalue weighted by Gasteiger charge is -2.04. The number of carbonyl (C=O) groups is 1. The first-order chi connectivity index (χ1) is 7.95. The number of halogens is 1. The minimum Gasteiger partial charge on any atom is -0.490 e. The number of aliphatic carboxylic acids is 1. The van der Waals surface area contributed by atoms with Gasteiger partial charge < -0.3 is 9.84 Å². The number of methoxy groups -OCH3 is 1.